The molecule has 1 saturated carbocycles. The molecule has 1 heterocycles. The fraction of sp³-hybridized carbons (Fsp3) is 0.917. The summed E-state index contributed by atoms with van der Waals surface area (Å²) in [6, 6.07) is 0. The molecule has 16 heavy (non-hydrogen) atoms. The summed E-state index contributed by atoms with van der Waals surface area (Å²) >= 11 is 0. The highest BCUT2D eigenvalue weighted by molar-refractivity contribution is 5.79. The van der Waals surface area contributed by atoms with Crippen LogP contribution in [0, 0.1) is 11.3 Å². The third-order valence-corrected chi connectivity index (χ3v) is 3.95. The molecule has 1 aliphatic carbocycles. The van der Waals surface area contributed by atoms with Crippen LogP contribution in [-0.2, 0) is 4.79 Å². The molecule has 1 unspecified atom stereocenters. The van der Waals surface area contributed by atoms with Crippen molar-refractivity contribution in [2.75, 3.05) is 19.6 Å². The molecule has 3 N–H and O–H groups in total. The average Bonchev–Trinajstić information content (AvgIpc) is 2.93. The van der Waals surface area contributed by atoms with Crippen molar-refractivity contribution in [2.45, 2.75) is 38.6 Å². The van der Waals surface area contributed by atoms with Crippen LogP contribution in [0.15, 0.2) is 0 Å². The summed E-state index contributed by atoms with van der Waals surface area (Å²) < 4.78 is 0. The van der Waals surface area contributed by atoms with E-state index in [9.17, 15) is 9.90 Å². The number of carboxylic acid groups (broad SMARTS) is 1. The maximum absolute atomic E-state index is 11.3. The zero-order chi connectivity index (χ0) is 12.0. The SMILES string of the molecule is CC1(C)CCN(CC(N)(C(=O)O)C2CC2)C1. The molecule has 1 aliphatic heterocycles. The van der Waals surface area contributed by atoms with E-state index in [1.165, 1.54) is 0 Å². The van der Waals surface area contributed by atoms with E-state index in [1.807, 2.05) is 0 Å². The Balaban J connectivity index is 1.99. The van der Waals surface area contributed by atoms with E-state index in [1.54, 1.807) is 0 Å². The van der Waals surface area contributed by atoms with Gasteiger partial charge in [-0.15, -0.1) is 0 Å². The quantitative estimate of drug-likeness (QED) is 0.747. The van der Waals surface area contributed by atoms with Crippen molar-refractivity contribution in [1.82, 2.24) is 4.90 Å². The van der Waals surface area contributed by atoms with Gasteiger partial charge >= 0.3 is 5.97 Å². The lowest BCUT2D eigenvalue weighted by atomic mass is 9.92. The number of aliphatic carboxylic acids is 1. The minimum Gasteiger partial charge on any atom is -0.480 e. The summed E-state index contributed by atoms with van der Waals surface area (Å²) in [7, 11) is 0. The lowest BCUT2D eigenvalue weighted by molar-refractivity contribution is -0.145. The van der Waals surface area contributed by atoms with Gasteiger partial charge in [-0.3, -0.25) is 4.79 Å². The van der Waals surface area contributed by atoms with Gasteiger partial charge in [-0.05, 0) is 37.1 Å². The van der Waals surface area contributed by atoms with E-state index in [0.29, 0.717) is 12.0 Å². The van der Waals surface area contributed by atoms with Crippen LogP contribution in [0.5, 0.6) is 0 Å². The fourth-order valence-electron chi connectivity index (χ4n) is 2.70. The molecule has 2 fully saturated rings. The molecular formula is C12H22N2O2. The number of rotatable bonds is 4. The van der Waals surface area contributed by atoms with Crippen LogP contribution in [0.3, 0.4) is 0 Å². The summed E-state index contributed by atoms with van der Waals surface area (Å²) in [4.78, 5) is 13.5. The largest absolute Gasteiger partial charge is 0.480 e. The lowest BCUT2D eigenvalue weighted by Crippen LogP contribution is -2.57. The molecule has 0 aromatic heterocycles. The Labute approximate surface area is 96.8 Å². The van der Waals surface area contributed by atoms with Gasteiger partial charge < -0.3 is 15.7 Å². The third kappa shape index (κ3) is 2.23. The van der Waals surface area contributed by atoms with E-state index in [-0.39, 0.29) is 5.92 Å². The zero-order valence-corrected chi connectivity index (χ0v) is 10.2. The molecule has 1 saturated heterocycles. The van der Waals surface area contributed by atoms with Crippen molar-refractivity contribution >= 4 is 5.97 Å². The summed E-state index contributed by atoms with van der Waals surface area (Å²) in [5, 5.41) is 9.28. The summed E-state index contributed by atoms with van der Waals surface area (Å²) in [5.41, 5.74) is 5.37. The van der Waals surface area contributed by atoms with Crippen molar-refractivity contribution in [3.8, 4) is 0 Å². The molecular weight excluding hydrogens is 204 g/mol. The fourth-order valence-corrected chi connectivity index (χ4v) is 2.70. The van der Waals surface area contributed by atoms with Gasteiger partial charge in [0.25, 0.3) is 0 Å². The standard InChI is InChI=1S/C12H22N2O2/c1-11(2)5-6-14(7-11)8-12(13,10(15)16)9-3-4-9/h9H,3-8,13H2,1-2H3,(H,15,16). The molecule has 0 bridgehead atoms. The van der Waals surface area contributed by atoms with Gasteiger partial charge in [0.1, 0.15) is 5.54 Å². The van der Waals surface area contributed by atoms with E-state index in [4.69, 9.17) is 5.73 Å². The first-order valence-electron chi connectivity index (χ1n) is 6.08. The highest BCUT2D eigenvalue weighted by Crippen LogP contribution is 2.40. The Bertz CT molecular complexity index is 299. The Morgan fingerprint density at radius 3 is 2.56 bits per heavy atom. The van der Waals surface area contributed by atoms with Gasteiger partial charge in [0.15, 0.2) is 0 Å². The Kier molecular flexibility index (Phi) is 2.75. The van der Waals surface area contributed by atoms with Crippen LogP contribution in [0.1, 0.15) is 33.1 Å². The summed E-state index contributed by atoms with van der Waals surface area (Å²) in [5.74, 6) is -0.645. The maximum atomic E-state index is 11.3. The Morgan fingerprint density at radius 2 is 2.19 bits per heavy atom. The highest BCUT2D eigenvalue weighted by atomic mass is 16.4. The molecule has 1 atom stereocenters. The van der Waals surface area contributed by atoms with E-state index in [0.717, 1.165) is 32.4 Å². The van der Waals surface area contributed by atoms with Crippen molar-refractivity contribution in [3.05, 3.63) is 0 Å². The van der Waals surface area contributed by atoms with E-state index < -0.39 is 11.5 Å². The van der Waals surface area contributed by atoms with Gasteiger partial charge in [-0.25, -0.2) is 0 Å². The predicted octanol–water partition coefficient (Wildman–Crippen LogP) is 0.910. The topological polar surface area (TPSA) is 66.6 Å². The lowest BCUT2D eigenvalue weighted by Gasteiger charge is -2.30. The van der Waals surface area contributed by atoms with Gasteiger partial charge in [0, 0.05) is 13.1 Å². The predicted molar refractivity (Wildman–Crippen MR) is 62.1 cm³/mol. The van der Waals surface area contributed by atoms with Gasteiger partial charge in [-0.1, -0.05) is 13.8 Å². The normalized spacial score (nSPS) is 28.9. The van der Waals surface area contributed by atoms with Crippen molar-refractivity contribution in [1.29, 1.82) is 0 Å². The molecule has 2 aliphatic rings. The summed E-state index contributed by atoms with van der Waals surface area (Å²) in [6.07, 6.45) is 3.08. The van der Waals surface area contributed by atoms with Crippen LogP contribution < -0.4 is 5.73 Å². The first kappa shape index (κ1) is 11.9. The van der Waals surface area contributed by atoms with E-state index >= 15 is 0 Å². The second-order valence-electron chi connectivity index (χ2n) is 6.24. The number of nitrogens with zero attached hydrogens (tertiary/aromatic N) is 1. The molecule has 2 rings (SSSR count). The minimum atomic E-state index is -1.01. The Morgan fingerprint density at radius 1 is 1.56 bits per heavy atom. The van der Waals surface area contributed by atoms with Gasteiger partial charge in [-0.2, -0.15) is 0 Å². The van der Waals surface area contributed by atoms with Gasteiger partial charge in [0.2, 0.25) is 0 Å². The minimum absolute atomic E-state index is 0.189. The number of likely N-dealkylation sites (tertiary alicyclic amines) is 1. The van der Waals surface area contributed by atoms with Crippen LogP contribution in [-0.4, -0.2) is 41.1 Å². The smallest absolute Gasteiger partial charge is 0.325 e. The Hall–Kier alpha value is -0.610. The molecule has 0 aromatic rings. The first-order chi connectivity index (χ1) is 7.33. The molecule has 0 spiro atoms. The molecule has 4 heteroatoms. The number of hydrogen-bond donors (Lipinski definition) is 2. The first-order valence-corrected chi connectivity index (χ1v) is 6.08. The van der Waals surface area contributed by atoms with Crippen LogP contribution in [0.25, 0.3) is 0 Å². The molecule has 0 aromatic carbocycles. The van der Waals surface area contributed by atoms with Gasteiger partial charge in [0.05, 0.1) is 0 Å². The van der Waals surface area contributed by atoms with Crippen LogP contribution in [0.2, 0.25) is 0 Å². The van der Waals surface area contributed by atoms with Crippen LogP contribution >= 0.6 is 0 Å². The van der Waals surface area contributed by atoms with Crippen molar-refractivity contribution in [3.63, 3.8) is 0 Å². The van der Waals surface area contributed by atoms with Crippen molar-refractivity contribution < 1.29 is 9.90 Å². The monoisotopic (exact) mass is 226 g/mol. The molecule has 4 nitrogen and oxygen atoms in total. The summed E-state index contributed by atoms with van der Waals surface area (Å²) in [6.45, 7) is 6.90. The zero-order valence-electron chi connectivity index (χ0n) is 10.2. The highest BCUT2D eigenvalue weighted by Gasteiger charge is 2.50. The average molecular weight is 226 g/mol. The van der Waals surface area contributed by atoms with Crippen molar-refractivity contribution in [2.24, 2.45) is 17.1 Å². The number of carboxylic acids is 1. The molecule has 0 amide bonds. The molecule has 0 radical (unpaired) electrons. The number of carbonyl (C=O) groups is 1. The van der Waals surface area contributed by atoms with E-state index in [2.05, 4.69) is 18.7 Å². The number of nitrogens with two attached hydrogens (primary N) is 1. The number of hydrogen-bond acceptors (Lipinski definition) is 3. The van der Waals surface area contributed by atoms with Crippen LogP contribution in [0.4, 0.5) is 0 Å². The second-order valence-corrected chi connectivity index (χ2v) is 6.24. The second kappa shape index (κ2) is 3.70. The third-order valence-electron chi connectivity index (χ3n) is 3.95. The maximum Gasteiger partial charge on any atom is 0.325 e. The molecule has 92 valence electrons.